The van der Waals surface area contributed by atoms with Crippen LogP contribution in [0.2, 0.25) is 0 Å². The zero-order chi connectivity index (χ0) is 12.5. The lowest BCUT2D eigenvalue weighted by Gasteiger charge is -2.37. The van der Waals surface area contributed by atoms with Gasteiger partial charge in [0.15, 0.2) is 0 Å². The maximum atomic E-state index is 9.13. The van der Waals surface area contributed by atoms with Crippen LogP contribution >= 0.6 is 15.9 Å². The largest absolute Gasteiger partial charge is 0.396 e. The molecule has 0 radical (unpaired) electrons. The molecule has 3 heteroatoms. The molecule has 1 saturated heterocycles. The van der Waals surface area contributed by atoms with Crippen LogP contribution in [0.1, 0.15) is 26.7 Å². The highest BCUT2D eigenvalue weighted by atomic mass is 79.9. The Morgan fingerprint density at radius 3 is 2.59 bits per heavy atom. The third-order valence-electron chi connectivity index (χ3n) is 4.01. The average molecular weight is 298 g/mol. The highest BCUT2D eigenvalue weighted by Crippen LogP contribution is 2.39. The lowest BCUT2D eigenvalue weighted by Crippen LogP contribution is -2.42. The number of rotatable bonds is 3. The molecule has 1 atom stereocenters. The van der Waals surface area contributed by atoms with Crippen molar-refractivity contribution in [3.05, 3.63) is 28.7 Å². The van der Waals surface area contributed by atoms with Crippen LogP contribution in [0.4, 0.5) is 5.69 Å². The van der Waals surface area contributed by atoms with E-state index in [1.54, 1.807) is 0 Å². The smallest absolute Gasteiger partial charge is 0.0434 e. The second kappa shape index (κ2) is 4.99. The van der Waals surface area contributed by atoms with Gasteiger partial charge in [0, 0.05) is 28.9 Å². The number of nitrogens with zero attached hydrogens (tertiary/aromatic N) is 1. The summed E-state index contributed by atoms with van der Waals surface area (Å²) in [6.07, 6.45) is 2.07. The van der Waals surface area contributed by atoms with Crippen molar-refractivity contribution in [2.75, 3.05) is 18.1 Å². The van der Waals surface area contributed by atoms with Crippen molar-refractivity contribution in [3.8, 4) is 0 Å². The standard InChI is InChI=1S/C14H20BrNO/c1-14(2)11(8-10-17)7-9-16(14)13-5-3-12(15)4-6-13/h3-6,11,17H,7-10H2,1-2H3. The number of benzene rings is 1. The van der Waals surface area contributed by atoms with E-state index in [-0.39, 0.29) is 5.54 Å². The van der Waals surface area contributed by atoms with Gasteiger partial charge in [-0.2, -0.15) is 0 Å². The molecule has 1 heterocycles. The highest BCUT2D eigenvalue weighted by Gasteiger charge is 2.40. The summed E-state index contributed by atoms with van der Waals surface area (Å²) in [5.41, 5.74) is 1.41. The van der Waals surface area contributed by atoms with Gasteiger partial charge in [-0.3, -0.25) is 0 Å². The molecule has 0 spiro atoms. The van der Waals surface area contributed by atoms with E-state index < -0.39 is 0 Å². The van der Waals surface area contributed by atoms with Crippen LogP contribution in [0.3, 0.4) is 0 Å². The maximum Gasteiger partial charge on any atom is 0.0434 e. The molecule has 1 aliphatic rings. The van der Waals surface area contributed by atoms with Crippen LogP contribution in [0.25, 0.3) is 0 Å². The Bertz CT molecular complexity index is 374. The molecule has 1 fully saturated rings. The maximum absolute atomic E-state index is 9.13. The van der Waals surface area contributed by atoms with Crippen molar-refractivity contribution in [2.24, 2.45) is 5.92 Å². The summed E-state index contributed by atoms with van der Waals surface area (Å²) in [6, 6.07) is 8.50. The topological polar surface area (TPSA) is 23.5 Å². The van der Waals surface area contributed by atoms with E-state index in [4.69, 9.17) is 5.11 Å². The van der Waals surface area contributed by atoms with E-state index in [1.807, 2.05) is 0 Å². The van der Waals surface area contributed by atoms with Crippen molar-refractivity contribution in [1.29, 1.82) is 0 Å². The molecule has 2 nitrogen and oxygen atoms in total. The summed E-state index contributed by atoms with van der Waals surface area (Å²) >= 11 is 3.47. The fourth-order valence-electron chi connectivity index (χ4n) is 2.88. The molecule has 1 aromatic carbocycles. The predicted octanol–water partition coefficient (Wildman–Crippen LogP) is 3.44. The van der Waals surface area contributed by atoms with Crippen molar-refractivity contribution in [1.82, 2.24) is 0 Å². The zero-order valence-corrected chi connectivity index (χ0v) is 12.1. The summed E-state index contributed by atoms with van der Waals surface area (Å²) in [7, 11) is 0. The summed E-state index contributed by atoms with van der Waals surface area (Å²) < 4.78 is 1.12. The van der Waals surface area contributed by atoms with Crippen molar-refractivity contribution in [3.63, 3.8) is 0 Å². The number of anilines is 1. The monoisotopic (exact) mass is 297 g/mol. The minimum absolute atomic E-state index is 0.135. The van der Waals surface area contributed by atoms with Crippen molar-refractivity contribution >= 4 is 21.6 Å². The first-order chi connectivity index (χ1) is 8.05. The molecule has 0 aliphatic carbocycles. The SMILES string of the molecule is CC1(C)C(CCO)CCN1c1ccc(Br)cc1. The van der Waals surface area contributed by atoms with Gasteiger partial charge in [-0.1, -0.05) is 15.9 Å². The van der Waals surface area contributed by atoms with Gasteiger partial charge in [0.25, 0.3) is 0 Å². The van der Waals surface area contributed by atoms with E-state index in [9.17, 15) is 0 Å². The molecule has 17 heavy (non-hydrogen) atoms. The van der Waals surface area contributed by atoms with Gasteiger partial charge in [0.05, 0.1) is 0 Å². The molecule has 0 bridgehead atoms. The Balaban J connectivity index is 2.20. The van der Waals surface area contributed by atoms with Gasteiger partial charge < -0.3 is 10.0 Å². The van der Waals surface area contributed by atoms with Gasteiger partial charge in [0.1, 0.15) is 0 Å². The molecule has 0 aromatic heterocycles. The van der Waals surface area contributed by atoms with Gasteiger partial charge in [-0.05, 0) is 56.9 Å². The number of hydrogen-bond acceptors (Lipinski definition) is 2. The molecule has 1 aliphatic heterocycles. The molecule has 1 unspecified atom stereocenters. The minimum atomic E-state index is 0.135. The van der Waals surface area contributed by atoms with Gasteiger partial charge in [-0.15, -0.1) is 0 Å². The first kappa shape index (κ1) is 12.9. The van der Waals surface area contributed by atoms with E-state index in [1.165, 1.54) is 12.1 Å². The summed E-state index contributed by atoms with van der Waals surface area (Å²) in [5.74, 6) is 0.580. The molecule has 2 rings (SSSR count). The third-order valence-corrected chi connectivity index (χ3v) is 4.54. The summed E-state index contributed by atoms with van der Waals surface area (Å²) in [6.45, 7) is 5.94. The van der Waals surface area contributed by atoms with Crippen molar-refractivity contribution in [2.45, 2.75) is 32.2 Å². The van der Waals surface area contributed by atoms with Crippen LogP contribution in [0, 0.1) is 5.92 Å². The van der Waals surface area contributed by atoms with Crippen LogP contribution in [-0.4, -0.2) is 23.8 Å². The Labute approximate surface area is 112 Å². The van der Waals surface area contributed by atoms with Crippen LogP contribution in [-0.2, 0) is 0 Å². The van der Waals surface area contributed by atoms with Gasteiger partial charge in [0.2, 0.25) is 0 Å². The molecule has 0 amide bonds. The summed E-state index contributed by atoms with van der Waals surface area (Å²) in [5, 5.41) is 9.13. The number of aliphatic hydroxyl groups excluding tert-OH is 1. The van der Waals surface area contributed by atoms with Crippen LogP contribution < -0.4 is 4.90 Å². The molecule has 0 saturated carbocycles. The molecule has 1 N–H and O–H groups in total. The molecule has 1 aromatic rings. The number of halogens is 1. The Kier molecular flexibility index (Phi) is 3.79. The van der Waals surface area contributed by atoms with Gasteiger partial charge in [-0.25, -0.2) is 0 Å². The molecular formula is C14H20BrNO. The van der Waals surface area contributed by atoms with E-state index in [2.05, 4.69) is 58.9 Å². The second-order valence-corrected chi connectivity index (χ2v) is 6.20. The predicted molar refractivity (Wildman–Crippen MR) is 75.4 cm³/mol. The first-order valence-electron chi connectivity index (χ1n) is 6.20. The van der Waals surface area contributed by atoms with E-state index in [0.29, 0.717) is 12.5 Å². The normalized spacial score (nSPS) is 23.1. The lowest BCUT2D eigenvalue weighted by molar-refractivity contribution is 0.229. The quantitative estimate of drug-likeness (QED) is 0.924. The first-order valence-corrected chi connectivity index (χ1v) is 6.99. The Morgan fingerprint density at radius 1 is 1.35 bits per heavy atom. The lowest BCUT2D eigenvalue weighted by atomic mass is 9.86. The minimum Gasteiger partial charge on any atom is -0.396 e. The third kappa shape index (κ3) is 2.50. The average Bonchev–Trinajstić information content (AvgIpc) is 2.57. The molecular weight excluding hydrogens is 278 g/mol. The highest BCUT2D eigenvalue weighted by molar-refractivity contribution is 9.10. The second-order valence-electron chi connectivity index (χ2n) is 5.28. The fourth-order valence-corrected chi connectivity index (χ4v) is 3.15. The van der Waals surface area contributed by atoms with Crippen LogP contribution in [0.15, 0.2) is 28.7 Å². The van der Waals surface area contributed by atoms with E-state index >= 15 is 0 Å². The molecule has 94 valence electrons. The Hall–Kier alpha value is -0.540. The summed E-state index contributed by atoms with van der Waals surface area (Å²) in [4.78, 5) is 2.46. The van der Waals surface area contributed by atoms with Crippen LogP contribution in [0.5, 0.6) is 0 Å². The van der Waals surface area contributed by atoms with E-state index in [0.717, 1.165) is 17.4 Å². The number of hydrogen-bond donors (Lipinski definition) is 1. The fraction of sp³-hybridized carbons (Fsp3) is 0.571. The Morgan fingerprint density at radius 2 is 2.00 bits per heavy atom. The zero-order valence-electron chi connectivity index (χ0n) is 10.5. The van der Waals surface area contributed by atoms with Gasteiger partial charge >= 0.3 is 0 Å². The number of aliphatic hydroxyl groups is 1. The van der Waals surface area contributed by atoms with Crippen molar-refractivity contribution < 1.29 is 5.11 Å².